The summed E-state index contributed by atoms with van der Waals surface area (Å²) in [5.41, 5.74) is 1.84. The van der Waals surface area contributed by atoms with Gasteiger partial charge in [0, 0.05) is 0 Å². The maximum atomic E-state index is 11.1. The van der Waals surface area contributed by atoms with Crippen LogP contribution in [0.3, 0.4) is 0 Å². The molecule has 2 nitrogen and oxygen atoms in total. The van der Waals surface area contributed by atoms with Crippen molar-refractivity contribution in [2.45, 2.75) is 32.8 Å². The Morgan fingerprint density at radius 2 is 2.07 bits per heavy atom. The molecule has 0 aliphatic rings. The van der Waals surface area contributed by atoms with E-state index in [2.05, 4.69) is 13.2 Å². The van der Waals surface area contributed by atoms with Crippen LogP contribution in [-0.4, -0.2) is 18.5 Å². The average Bonchev–Trinajstić information content (AvgIpc) is 2.12. The molecule has 0 aromatic rings. The summed E-state index contributed by atoms with van der Waals surface area (Å²) in [5, 5.41) is 0. The van der Waals surface area contributed by atoms with Crippen molar-refractivity contribution in [2.24, 2.45) is 0 Å². The number of carbonyl (C=O) groups is 1. The minimum absolute atomic E-state index is 0.139. The lowest BCUT2D eigenvalue weighted by molar-refractivity contribution is 0.137. The second kappa shape index (κ2) is 6.78. The highest BCUT2D eigenvalue weighted by molar-refractivity contribution is 7.56. The number of carbonyl (C=O) groups excluding carboxylic acids is 1. The van der Waals surface area contributed by atoms with Crippen LogP contribution >= 0.6 is 8.58 Å². The Balaban J connectivity index is 4.19. The Kier molecular flexibility index (Phi) is 6.48. The van der Waals surface area contributed by atoms with Crippen LogP contribution in [-0.2, 0) is 4.74 Å². The molecule has 0 aromatic carbocycles. The molecule has 0 radical (unpaired) electrons. The molecular weight excluding hydrogens is 195 g/mol. The van der Waals surface area contributed by atoms with Crippen molar-refractivity contribution in [1.29, 1.82) is 0 Å². The standard InChI is InChI=1S/C11H19O2P/c1-6-10(13-11(12)14-5)9(4)7-8(2)3/h10,14H,2,4,6-7H2,1,3,5H3. The van der Waals surface area contributed by atoms with E-state index in [0.29, 0.717) is 0 Å². The minimum Gasteiger partial charge on any atom is -0.455 e. The second-order valence-corrected chi connectivity index (χ2v) is 4.25. The Morgan fingerprint density at radius 3 is 2.43 bits per heavy atom. The van der Waals surface area contributed by atoms with Gasteiger partial charge in [0.1, 0.15) is 6.10 Å². The third kappa shape index (κ3) is 5.18. The van der Waals surface area contributed by atoms with E-state index in [1.54, 1.807) is 0 Å². The van der Waals surface area contributed by atoms with Crippen LogP contribution in [0.5, 0.6) is 0 Å². The van der Waals surface area contributed by atoms with Crippen LogP contribution in [0, 0.1) is 0 Å². The SMILES string of the molecule is C=C(C)CC(=C)C(CC)OC(=O)PC. The van der Waals surface area contributed by atoms with E-state index in [1.165, 1.54) is 0 Å². The van der Waals surface area contributed by atoms with Gasteiger partial charge in [0.05, 0.1) is 0 Å². The molecule has 2 unspecified atom stereocenters. The topological polar surface area (TPSA) is 26.3 Å². The molecule has 0 bridgehead atoms. The fraction of sp³-hybridized carbons (Fsp3) is 0.545. The molecule has 0 saturated heterocycles. The molecule has 14 heavy (non-hydrogen) atoms. The Hall–Kier alpha value is -0.620. The Bertz CT molecular complexity index is 233. The molecule has 0 saturated carbocycles. The van der Waals surface area contributed by atoms with Crippen LogP contribution in [0.15, 0.2) is 24.3 Å². The van der Waals surface area contributed by atoms with Gasteiger partial charge >= 0.3 is 5.71 Å². The zero-order chi connectivity index (χ0) is 11.1. The van der Waals surface area contributed by atoms with E-state index in [4.69, 9.17) is 4.74 Å². The molecule has 0 aromatic heterocycles. The molecule has 0 N–H and O–H groups in total. The number of ether oxygens (including phenoxy) is 1. The first kappa shape index (κ1) is 13.4. The van der Waals surface area contributed by atoms with Crippen molar-refractivity contribution in [2.75, 3.05) is 6.66 Å². The highest BCUT2D eigenvalue weighted by Gasteiger charge is 2.14. The Morgan fingerprint density at radius 1 is 1.50 bits per heavy atom. The van der Waals surface area contributed by atoms with Gasteiger partial charge < -0.3 is 4.74 Å². The van der Waals surface area contributed by atoms with E-state index >= 15 is 0 Å². The van der Waals surface area contributed by atoms with E-state index in [-0.39, 0.29) is 20.4 Å². The zero-order valence-electron chi connectivity index (χ0n) is 9.22. The molecule has 0 aliphatic heterocycles. The second-order valence-electron chi connectivity index (χ2n) is 3.34. The first-order valence-corrected chi connectivity index (χ1v) is 6.21. The third-order valence-electron chi connectivity index (χ3n) is 1.81. The summed E-state index contributed by atoms with van der Waals surface area (Å²) in [5.74, 6) is 0. The largest absolute Gasteiger partial charge is 0.455 e. The van der Waals surface area contributed by atoms with Crippen LogP contribution < -0.4 is 0 Å². The molecule has 2 atom stereocenters. The molecule has 0 spiro atoms. The monoisotopic (exact) mass is 214 g/mol. The van der Waals surface area contributed by atoms with Crippen LogP contribution in [0.1, 0.15) is 26.7 Å². The normalized spacial score (nSPS) is 12.8. The molecule has 0 amide bonds. The average molecular weight is 214 g/mol. The quantitative estimate of drug-likeness (QED) is 0.497. The lowest BCUT2D eigenvalue weighted by atomic mass is 10.0. The van der Waals surface area contributed by atoms with Gasteiger partial charge in [-0.15, -0.1) is 0 Å². The van der Waals surface area contributed by atoms with E-state index in [1.807, 2.05) is 20.5 Å². The van der Waals surface area contributed by atoms with Crippen molar-refractivity contribution >= 4 is 14.3 Å². The first-order valence-electron chi connectivity index (χ1n) is 4.71. The summed E-state index contributed by atoms with van der Waals surface area (Å²) in [4.78, 5) is 11.1. The van der Waals surface area contributed by atoms with E-state index in [9.17, 15) is 4.79 Å². The van der Waals surface area contributed by atoms with Gasteiger partial charge in [0.15, 0.2) is 0 Å². The van der Waals surface area contributed by atoms with Gasteiger partial charge in [-0.3, -0.25) is 0 Å². The Labute approximate surface area is 88.2 Å². The van der Waals surface area contributed by atoms with Crippen LogP contribution in [0.25, 0.3) is 0 Å². The highest BCUT2D eigenvalue weighted by Crippen LogP contribution is 2.20. The lowest BCUT2D eigenvalue weighted by Crippen LogP contribution is -2.16. The summed E-state index contributed by atoms with van der Waals surface area (Å²) in [6.07, 6.45) is 1.37. The number of allylic oxidation sites excluding steroid dienone is 1. The number of rotatable bonds is 6. The maximum absolute atomic E-state index is 11.1. The molecule has 80 valence electrons. The van der Waals surface area contributed by atoms with Crippen molar-refractivity contribution in [3.63, 3.8) is 0 Å². The molecule has 0 heterocycles. The summed E-state index contributed by atoms with van der Waals surface area (Å²) in [6.45, 7) is 13.5. The predicted molar refractivity (Wildman–Crippen MR) is 63.4 cm³/mol. The first-order chi connectivity index (χ1) is 6.51. The van der Waals surface area contributed by atoms with Gasteiger partial charge in [-0.25, -0.2) is 4.79 Å². The predicted octanol–water partition coefficient (Wildman–Crippen LogP) is 3.73. The number of hydrogen-bond acceptors (Lipinski definition) is 2. The third-order valence-corrected chi connectivity index (χ3v) is 2.33. The lowest BCUT2D eigenvalue weighted by Gasteiger charge is -2.18. The molecule has 0 fully saturated rings. The van der Waals surface area contributed by atoms with Gasteiger partial charge in [0.2, 0.25) is 0 Å². The number of hydrogen-bond donors (Lipinski definition) is 0. The van der Waals surface area contributed by atoms with Crippen LogP contribution in [0.4, 0.5) is 4.79 Å². The van der Waals surface area contributed by atoms with Gasteiger partial charge in [-0.2, -0.15) is 0 Å². The van der Waals surface area contributed by atoms with Crippen molar-refractivity contribution in [3.05, 3.63) is 24.3 Å². The summed E-state index contributed by atoms with van der Waals surface area (Å²) in [7, 11) is 0.191. The minimum atomic E-state index is -0.147. The fourth-order valence-electron chi connectivity index (χ4n) is 1.14. The summed E-state index contributed by atoms with van der Waals surface area (Å²) >= 11 is 0. The van der Waals surface area contributed by atoms with Crippen molar-refractivity contribution < 1.29 is 9.53 Å². The van der Waals surface area contributed by atoms with E-state index in [0.717, 1.165) is 24.0 Å². The maximum Gasteiger partial charge on any atom is 0.323 e. The van der Waals surface area contributed by atoms with Gasteiger partial charge in [0.25, 0.3) is 0 Å². The summed E-state index contributed by atoms with van der Waals surface area (Å²) in [6, 6.07) is 0. The van der Waals surface area contributed by atoms with Gasteiger partial charge in [-0.1, -0.05) is 25.7 Å². The zero-order valence-corrected chi connectivity index (χ0v) is 10.2. The fourth-order valence-corrected chi connectivity index (χ4v) is 1.41. The molecular formula is C11H19O2P. The van der Waals surface area contributed by atoms with E-state index < -0.39 is 0 Å². The molecule has 3 heteroatoms. The van der Waals surface area contributed by atoms with Crippen molar-refractivity contribution in [1.82, 2.24) is 0 Å². The van der Waals surface area contributed by atoms with Gasteiger partial charge in [-0.05, 0) is 40.6 Å². The molecule has 0 aliphatic carbocycles. The summed E-state index contributed by atoms with van der Waals surface area (Å²) < 4.78 is 5.24. The smallest absolute Gasteiger partial charge is 0.323 e. The molecule has 0 rings (SSSR count). The van der Waals surface area contributed by atoms with Crippen LogP contribution in [0.2, 0.25) is 0 Å². The van der Waals surface area contributed by atoms with Crippen molar-refractivity contribution in [3.8, 4) is 0 Å². The highest BCUT2D eigenvalue weighted by atomic mass is 31.1.